The van der Waals surface area contributed by atoms with Crippen LogP contribution in [0, 0.1) is 0 Å². The minimum Gasteiger partial charge on any atom is -0.290 e. The van der Waals surface area contributed by atoms with Crippen molar-refractivity contribution in [2.24, 2.45) is 7.05 Å². The van der Waals surface area contributed by atoms with Gasteiger partial charge in [-0.2, -0.15) is 0 Å². The van der Waals surface area contributed by atoms with Crippen LogP contribution in [-0.4, -0.2) is 24.1 Å². The first-order valence-corrected chi connectivity index (χ1v) is 5.70. The summed E-state index contributed by atoms with van der Waals surface area (Å²) in [6, 6.07) is 3.34. The molecule has 0 radical (unpaired) electrons. The molecular weight excluding hydrogens is 262 g/mol. The zero-order valence-electron chi connectivity index (χ0n) is 10.4. The van der Waals surface area contributed by atoms with Crippen LogP contribution in [0.3, 0.4) is 0 Å². The fourth-order valence-electron chi connectivity index (χ4n) is 1.93. The molecule has 8 heteroatoms. The van der Waals surface area contributed by atoms with Crippen LogP contribution in [0.4, 0.5) is 0 Å². The van der Waals surface area contributed by atoms with Gasteiger partial charge in [0.15, 0.2) is 5.52 Å². The number of aromatic nitrogens is 5. The molecule has 0 aliphatic rings. The fraction of sp³-hybridized carbons (Fsp3) is 0.0833. The molecule has 100 valence electrons. The third-order valence-electron chi connectivity index (χ3n) is 2.95. The summed E-state index contributed by atoms with van der Waals surface area (Å²) in [5, 5.41) is 0. The number of nitrogens with one attached hydrogen (secondary N) is 1. The lowest BCUT2D eigenvalue weighted by Crippen LogP contribution is -2.34. The Morgan fingerprint density at radius 2 is 2.05 bits per heavy atom. The molecule has 0 amide bonds. The van der Waals surface area contributed by atoms with Gasteiger partial charge >= 0.3 is 5.69 Å². The van der Waals surface area contributed by atoms with E-state index < -0.39 is 16.8 Å². The lowest BCUT2D eigenvalue weighted by atomic mass is 10.3. The highest BCUT2D eigenvalue weighted by molar-refractivity contribution is 5.72. The summed E-state index contributed by atoms with van der Waals surface area (Å²) < 4.78 is 2.30. The summed E-state index contributed by atoms with van der Waals surface area (Å²) in [6.07, 6.45) is 4.30. The summed E-state index contributed by atoms with van der Waals surface area (Å²) in [5.74, 6) is 0. The first-order valence-electron chi connectivity index (χ1n) is 5.70. The Bertz CT molecular complexity index is 968. The molecule has 0 fully saturated rings. The number of fused-ring (bicyclic) bond motifs is 1. The molecule has 0 atom stereocenters. The Balaban J connectivity index is 2.49. The maximum atomic E-state index is 12.4. The van der Waals surface area contributed by atoms with Crippen molar-refractivity contribution in [3.63, 3.8) is 0 Å². The summed E-state index contributed by atoms with van der Waals surface area (Å²) >= 11 is 0. The summed E-state index contributed by atoms with van der Waals surface area (Å²) in [6.45, 7) is 0. The van der Waals surface area contributed by atoms with Crippen LogP contribution >= 0.6 is 0 Å². The van der Waals surface area contributed by atoms with Crippen molar-refractivity contribution >= 4 is 11.0 Å². The number of rotatable bonds is 1. The minimum atomic E-state index is -0.682. The molecule has 0 saturated heterocycles. The molecule has 0 spiro atoms. The average Bonchev–Trinajstić information content (AvgIpc) is 2.45. The van der Waals surface area contributed by atoms with Gasteiger partial charge in [0.05, 0.1) is 11.9 Å². The fourth-order valence-corrected chi connectivity index (χ4v) is 1.93. The maximum Gasteiger partial charge on any atom is 0.328 e. The Hall–Kier alpha value is -3.03. The van der Waals surface area contributed by atoms with Gasteiger partial charge in [0.25, 0.3) is 11.1 Å². The molecule has 8 nitrogen and oxygen atoms in total. The number of hydrogen-bond acceptors (Lipinski definition) is 5. The van der Waals surface area contributed by atoms with Crippen molar-refractivity contribution in [1.82, 2.24) is 24.1 Å². The monoisotopic (exact) mass is 271 g/mol. The van der Waals surface area contributed by atoms with Crippen molar-refractivity contribution in [2.45, 2.75) is 0 Å². The van der Waals surface area contributed by atoms with E-state index in [9.17, 15) is 14.4 Å². The van der Waals surface area contributed by atoms with Crippen LogP contribution in [-0.2, 0) is 7.05 Å². The highest BCUT2D eigenvalue weighted by atomic mass is 16.2. The van der Waals surface area contributed by atoms with Crippen LogP contribution in [0.5, 0.6) is 0 Å². The second kappa shape index (κ2) is 4.26. The van der Waals surface area contributed by atoms with Crippen molar-refractivity contribution in [1.29, 1.82) is 0 Å². The maximum absolute atomic E-state index is 12.4. The van der Waals surface area contributed by atoms with Crippen LogP contribution in [0.1, 0.15) is 0 Å². The topological polar surface area (TPSA) is 103 Å². The highest BCUT2D eigenvalue weighted by Gasteiger charge is 2.12. The van der Waals surface area contributed by atoms with E-state index in [0.717, 1.165) is 4.57 Å². The molecule has 3 aromatic rings. The lowest BCUT2D eigenvalue weighted by molar-refractivity contribution is 0.815. The van der Waals surface area contributed by atoms with Gasteiger partial charge in [-0.25, -0.2) is 9.78 Å². The molecule has 3 rings (SSSR count). The van der Waals surface area contributed by atoms with Crippen molar-refractivity contribution in [3.8, 4) is 5.69 Å². The third kappa shape index (κ3) is 1.66. The Morgan fingerprint density at radius 1 is 1.25 bits per heavy atom. The molecule has 20 heavy (non-hydrogen) atoms. The summed E-state index contributed by atoms with van der Waals surface area (Å²) in [4.78, 5) is 45.6. The van der Waals surface area contributed by atoms with Gasteiger partial charge < -0.3 is 0 Å². The second-order valence-electron chi connectivity index (χ2n) is 4.15. The third-order valence-corrected chi connectivity index (χ3v) is 2.95. The normalized spacial score (nSPS) is 10.8. The molecule has 0 unspecified atom stereocenters. The van der Waals surface area contributed by atoms with E-state index in [1.807, 2.05) is 0 Å². The smallest absolute Gasteiger partial charge is 0.290 e. The van der Waals surface area contributed by atoms with Gasteiger partial charge in [-0.3, -0.25) is 28.7 Å². The Morgan fingerprint density at radius 3 is 2.75 bits per heavy atom. The first-order chi connectivity index (χ1) is 9.59. The van der Waals surface area contributed by atoms with Gasteiger partial charge in [-0.15, -0.1) is 0 Å². The molecule has 3 aromatic heterocycles. The van der Waals surface area contributed by atoms with E-state index in [-0.39, 0.29) is 11.0 Å². The first kappa shape index (κ1) is 12.0. The Labute approximate surface area is 111 Å². The van der Waals surface area contributed by atoms with Crippen LogP contribution in [0.25, 0.3) is 16.7 Å². The molecule has 0 bridgehead atoms. The lowest BCUT2D eigenvalue weighted by Gasteiger charge is -2.07. The summed E-state index contributed by atoms with van der Waals surface area (Å²) in [5.41, 5.74) is -1.47. The van der Waals surface area contributed by atoms with Crippen molar-refractivity contribution in [2.75, 3.05) is 0 Å². The van der Waals surface area contributed by atoms with Crippen LogP contribution in [0.15, 0.2) is 45.2 Å². The number of pyridine rings is 1. The Kier molecular flexibility index (Phi) is 2.56. The second-order valence-corrected chi connectivity index (χ2v) is 4.15. The quantitative estimate of drug-likeness (QED) is 0.622. The van der Waals surface area contributed by atoms with Crippen LogP contribution in [0.2, 0.25) is 0 Å². The predicted octanol–water partition coefficient (Wildman–Crippen LogP) is -0.832. The SMILES string of the molecule is Cn1c(=O)[nH]c(=O)c2ncn(-c3cccnc3)c(=O)c21. The number of hydrogen-bond donors (Lipinski definition) is 1. The molecule has 1 N–H and O–H groups in total. The van der Waals surface area contributed by atoms with E-state index in [1.165, 1.54) is 24.1 Å². The van der Waals surface area contributed by atoms with Crippen LogP contribution < -0.4 is 16.8 Å². The van der Waals surface area contributed by atoms with Gasteiger partial charge in [0.1, 0.15) is 11.8 Å². The van der Waals surface area contributed by atoms with Gasteiger partial charge in [-0.1, -0.05) is 0 Å². The average molecular weight is 271 g/mol. The van der Waals surface area contributed by atoms with Crippen molar-refractivity contribution < 1.29 is 0 Å². The molecule has 0 aliphatic carbocycles. The predicted molar refractivity (Wildman–Crippen MR) is 71.0 cm³/mol. The number of nitrogens with zero attached hydrogens (tertiary/aromatic N) is 4. The van der Waals surface area contributed by atoms with Gasteiger partial charge in [0, 0.05) is 13.2 Å². The molecule has 3 heterocycles. The van der Waals surface area contributed by atoms with E-state index in [4.69, 9.17) is 0 Å². The van der Waals surface area contributed by atoms with Crippen molar-refractivity contribution in [3.05, 3.63) is 62.0 Å². The highest BCUT2D eigenvalue weighted by Crippen LogP contribution is 2.03. The largest absolute Gasteiger partial charge is 0.328 e. The summed E-state index contributed by atoms with van der Waals surface area (Å²) in [7, 11) is 1.40. The molecular formula is C12H9N5O3. The van der Waals surface area contributed by atoms with E-state index >= 15 is 0 Å². The molecule has 0 saturated carbocycles. The van der Waals surface area contributed by atoms with Gasteiger partial charge in [-0.05, 0) is 12.1 Å². The minimum absolute atomic E-state index is 0.0508. The zero-order valence-corrected chi connectivity index (χ0v) is 10.4. The number of aromatic amines is 1. The van der Waals surface area contributed by atoms with E-state index in [2.05, 4.69) is 15.0 Å². The van der Waals surface area contributed by atoms with E-state index in [1.54, 1.807) is 18.3 Å². The number of aryl methyl sites for hydroxylation is 1. The van der Waals surface area contributed by atoms with E-state index in [0.29, 0.717) is 5.69 Å². The molecule has 0 aliphatic heterocycles. The van der Waals surface area contributed by atoms with Gasteiger partial charge in [0.2, 0.25) is 0 Å². The molecule has 0 aromatic carbocycles. The zero-order chi connectivity index (χ0) is 14.3. The number of H-pyrrole nitrogens is 1. The standard InChI is InChI=1S/C12H9N5O3/c1-16-9-8(10(18)15-12(16)20)14-6-17(11(9)19)7-3-2-4-13-5-7/h2-6H,1H3,(H,15,18,20).